The first-order chi connectivity index (χ1) is 9.67. The van der Waals surface area contributed by atoms with Gasteiger partial charge in [0, 0.05) is 18.7 Å². The van der Waals surface area contributed by atoms with Crippen LogP contribution in [0.15, 0.2) is 10.9 Å². The van der Waals surface area contributed by atoms with Gasteiger partial charge in [0.1, 0.15) is 12.1 Å². The van der Waals surface area contributed by atoms with Crippen LogP contribution in [0.2, 0.25) is 0 Å². The van der Waals surface area contributed by atoms with Gasteiger partial charge in [-0.05, 0) is 13.8 Å². The van der Waals surface area contributed by atoms with Gasteiger partial charge in [-0.3, -0.25) is 0 Å². The first kappa shape index (κ1) is 14.3. The van der Waals surface area contributed by atoms with Gasteiger partial charge in [0.15, 0.2) is 0 Å². The summed E-state index contributed by atoms with van der Waals surface area (Å²) in [5.41, 5.74) is 2.72. The lowest BCUT2D eigenvalue weighted by Crippen LogP contribution is -2.16. The first-order valence-electron chi connectivity index (χ1n) is 6.21. The van der Waals surface area contributed by atoms with Gasteiger partial charge in [0.05, 0.1) is 25.5 Å². The van der Waals surface area contributed by atoms with Crippen molar-refractivity contribution in [2.45, 2.75) is 26.9 Å². The molecule has 0 atom stereocenters. The van der Waals surface area contributed by atoms with Crippen LogP contribution in [-0.4, -0.2) is 29.3 Å². The summed E-state index contributed by atoms with van der Waals surface area (Å²) in [6.07, 6.45) is 1.41. The second kappa shape index (κ2) is 6.33. The van der Waals surface area contributed by atoms with E-state index in [0.29, 0.717) is 24.8 Å². The SMILES string of the molecule is COc1ncnc(OC)c1CNCc1c(C)noc1C. The number of ether oxygens (including phenoxy) is 2. The molecule has 1 N–H and O–H groups in total. The highest BCUT2D eigenvalue weighted by molar-refractivity contribution is 5.34. The monoisotopic (exact) mass is 278 g/mol. The van der Waals surface area contributed by atoms with Crippen molar-refractivity contribution in [3.8, 4) is 11.8 Å². The topological polar surface area (TPSA) is 82.3 Å². The Labute approximate surface area is 117 Å². The van der Waals surface area contributed by atoms with E-state index in [-0.39, 0.29) is 0 Å². The fourth-order valence-electron chi connectivity index (χ4n) is 1.95. The van der Waals surface area contributed by atoms with E-state index in [1.165, 1.54) is 6.33 Å². The Hall–Kier alpha value is -2.15. The van der Waals surface area contributed by atoms with E-state index < -0.39 is 0 Å². The third-order valence-electron chi connectivity index (χ3n) is 3.04. The summed E-state index contributed by atoms with van der Waals surface area (Å²) >= 11 is 0. The molecule has 0 aliphatic heterocycles. The lowest BCUT2D eigenvalue weighted by molar-refractivity contribution is 0.359. The van der Waals surface area contributed by atoms with E-state index in [2.05, 4.69) is 20.4 Å². The Kier molecular flexibility index (Phi) is 4.52. The predicted molar refractivity (Wildman–Crippen MR) is 71.7 cm³/mol. The minimum absolute atomic E-state index is 0.503. The maximum atomic E-state index is 5.22. The number of nitrogens with one attached hydrogen (secondary N) is 1. The average Bonchev–Trinajstić information content (AvgIpc) is 2.78. The van der Waals surface area contributed by atoms with Crippen LogP contribution < -0.4 is 14.8 Å². The zero-order valence-electron chi connectivity index (χ0n) is 12.1. The van der Waals surface area contributed by atoms with Crippen LogP contribution in [0.5, 0.6) is 11.8 Å². The highest BCUT2D eigenvalue weighted by atomic mass is 16.5. The van der Waals surface area contributed by atoms with E-state index >= 15 is 0 Å². The average molecular weight is 278 g/mol. The van der Waals surface area contributed by atoms with Gasteiger partial charge in [-0.15, -0.1) is 0 Å². The van der Waals surface area contributed by atoms with Gasteiger partial charge in [-0.1, -0.05) is 5.16 Å². The second-order valence-electron chi connectivity index (χ2n) is 4.28. The molecule has 7 nitrogen and oxygen atoms in total. The molecule has 108 valence electrons. The summed E-state index contributed by atoms with van der Waals surface area (Å²) < 4.78 is 15.6. The number of aryl methyl sites for hydroxylation is 2. The molecule has 2 aromatic rings. The summed E-state index contributed by atoms with van der Waals surface area (Å²) in [5, 5.41) is 7.22. The zero-order valence-corrected chi connectivity index (χ0v) is 12.1. The molecule has 0 radical (unpaired) electrons. The highest BCUT2D eigenvalue weighted by Crippen LogP contribution is 2.23. The molecule has 20 heavy (non-hydrogen) atoms. The number of methoxy groups -OCH3 is 2. The molecule has 2 heterocycles. The molecular formula is C13H18N4O3. The van der Waals surface area contributed by atoms with Crippen molar-refractivity contribution in [2.75, 3.05) is 14.2 Å². The Morgan fingerprint density at radius 1 is 1.05 bits per heavy atom. The van der Waals surface area contributed by atoms with Crippen molar-refractivity contribution in [1.82, 2.24) is 20.4 Å². The normalized spacial score (nSPS) is 10.6. The number of hydrogen-bond acceptors (Lipinski definition) is 7. The third kappa shape index (κ3) is 2.88. The van der Waals surface area contributed by atoms with Crippen molar-refractivity contribution in [2.24, 2.45) is 0 Å². The Morgan fingerprint density at radius 2 is 1.65 bits per heavy atom. The summed E-state index contributed by atoms with van der Waals surface area (Å²) in [7, 11) is 3.14. The molecule has 2 aromatic heterocycles. The lowest BCUT2D eigenvalue weighted by Gasteiger charge is -2.11. The number of aromatic nitrogens is 3. The Balaban J connectivity index is 2.08. The maximum Gasteiger partial charge on any atom is 0.224 e. The largest absolute Gasteiger partial charge is 0.481 e. The van der Waals surface area contributed by atoms with Crippen molar-refractivity contribution in [3.63, 3.8) is 0 Å². The molecule has 7 heteroatoms. The zero-order chi connectivity index (χ0) is 14.5. The lowest BCUT2D eigenvalue weighted by atomic mass is 10.2. The van der Waals surface area contributed by atoms with Gasteiger partial charge in [0.2, 0.25) is 11.8 Å². The minimum atomic E-state index is 0.503. The van der Waals surface area contributed by atoms with Crippen LogP contribution in [0.25, 0.3) is 0 Å². The van der Waals surface area contributed by atoms with Crippen molar-refractivity contribution in [1.29, 1.82) is 0 Å². The standard InChI is InChI=1S/C13H18N4O3/c1-8-10(9(2)20-17-8)5-14-6-11-12(18-3)15-7-16-13(11)19-4/h7,14H,5-6H2,1-4H3. The molecule has 2 rings (SSSR count). The molecule has 0 aliphatic rings. The van der Waals surface area contributed by atoms with Gasteiger partial charge < -0.3 is 19.3 Å². The van der Waals surface area contributed by atoms with Gasteiger partial charge in [-0.2, -0.15) is 0 Å². The first-order valence-corrected chi connectivity index (χ1v) is 6.21. The second-order valence-corrected chi connectivity index (χ2v) is 4.28. The quantitative estimate of drug-likeness (QED) is 0.854. The van der Waals surface area contributed by atoms with E-state index in [9.17, 15) is 0 Å². The summed E-state index contributed by atoms with van der Waals surface area (Å²) in [6.45, 7) is 4.98. The molecule has 0 bridgehead atoms. The van der Waals surface area contributed by atoms with Crippen LogP contribution in [0.1, 0.15) is 22.6 Å². The van der Waals surface area contributed by atoms with E-state index in [0.717, 1.165) is 22.6 Å². The fraction of sp³-hybridized carbons (Fsp3) is 0.462. The molecule has 0 fully saturated rings. The van der Waals surface area contributed by atoms with Crippen LogP contribution in [-0.2, 0) is 13.1 Å². The summed E-state index contributed by atoms with van der Waals surface area (Å²) in [5.74, 6) is 1.82. The molecule has 0 aromatic carbocycles. The van der Waals surface area contributed by atoms with Crippen LogP contribution in [0.4, 0.5) is 0 Å². The van der Waals surface area contributed by atoms with E-state index in [1.54, 1.807) is 14.2 Å². The number of nitrogens with zero attached hydrogens (tertiary/aromatic N) is 3. The molecule has 0 amide bonds. The smallest absolute Gasteiger partial charge is 0.224 e. The highest BCUT2D eigenvalue weighted by Gasteiger charge is 2.14. The van der Waals surface area contributed by atoms with Crippen LogP contribution in [0.3, 0.4) is 0 Å². The van der Waals surface area contributed by atoms with Crippen LogP contribution in [0, 0.1) is 13.8 Å². The van der Waals surface area contributed by atoms with Gasteiger partial charge in [0.25, 0.3) is 0 Å². The maximum absolute atomic E-state index is 5.22. The molecule has 0 spiro atoms. The Bertz CT molecular complexity index is 541. The molecule has 0 unspecified atom stereocenters. The Morgan fingerprint density at radius 3 is 2.15 bits per heavy atom. The number of hydrogen-bond donors (Lipinski definition) is 1. The fourth-order valence-corrected chi connectivity index (χ4v) is 1.95. The molecule has 0 saturated heterocycles. The molecule has 0 saturated carbocycles. The van der Waals surface area contributed by atoms with Crippen molar-refractivity contribution in [3.05, 3.63) is 28.9 Å². The summed E-state index contributed by atoms with van der Waals surface area (Å²) in [6, 6.07) is 0. The summed E-state index contributed by atoms with van der Waals surface area (Å²) in [4.78, 5) is 8.14. The van der Waals surface area contributed by atoms with Gasteiger partial charge >= 0.3 is 0 Å². The number of rotatable bonds is 6. The van der Waals surface area contributed by atoms with Crippen LogP contribution >= 0.6 is 0 Å². The van der Waals surface area contributed by atoms with Crippen molar-refractivity contribution >= 4 is 0 Å². The van der Waals surface area contributed by atoms with Crippen molar-refractivity contribution < 1.29 is 14.0 Å². The van der Waals surface area contributed by atoms with Gasteiger partial charge in [-0.25, -0.2) is 9.97 Å². The minimum Gasteiger partial charge on any atom is -0.481 e. The van der Waals surface area contributed by atoms with E-state index in [1.807, 2.05) is 13.8 Å². The third-order valence-corrected chi connectivity index (χ3v) is 3.04. The molecule has 0 aliphatic carbocycles. The molecular weight excluding hydrogens is 260 g/mol. The predicted octanol–water partition coefficient (Wildman–Crippen LogP) is 1.39. The van der Waals surface area contributed by atoms with E-state index in [4.69, 9.17) is 14.0 Å².